The Morgan fingerprint density at radius 1 is 0.333 bits per heavy atom. The summed E-state index contributed by atoms with van der Waals surface area (Å²) in [6.07, 6.45) is -3.10. The predicted molar refractivity (Wildman–Crippen MR) is 468 cm³/mol. The summed E-state index contributed by atoms with van der Waals surface area (Å²) in [5.74, 6) is -1.91. The molecule has 15 aromatic rings. The second kappa shape index (κ2) is 42.5. The van der Waals surface area contributed by atoms with E-state index < -0.39 is 72.5 Å². The summed E-state index contributed by atoms with van der Waals surface area (Å²) in [4.78, 5) is 17.4. The van der Waals surface area contributed by atoms with Crippen molar-refractivity contribution in [3.8, 4) is 0 Å². The molecule has 3 nitrogen and oxygen atoms in total. The fraction of sp³-hybridized carbons (Fsp3) is 0.0800. The maximum atomic E-state index is 13.4. The van der Waals surface area contributed by atoms with Crippen LogP contribution in [0.2, 0.25) is 0 Å². The van der Waals surface area contributed by atoms with E-state index in [1.54, 1.807) is 12.4 Å². The molecular weight excluding hydrogens is 1590 g/mol. The van der Waals surface area contributed by atoms with E-state index in [4.69, 9.17) is 0 Å². The minimum Gasteiger partial charge on any atom is -0.346 e. The molecule has 1 N–H and O–H groups in total. The summed E-state index contributed by atoms with van der Waals surface area (Å²) >= 11 is 0. The molecule has 1 aliphatic rings. The van der Waals surface area contributed by atoms with Crippen LogP contribution in [-0.2, 0) is 43.1 Å². The van der Waals surface area contributed by atoms with Crippen LogP contribution in [-0.4, -0.2) is 10.9 Å². The van der Waals surface area contributed by atoms with Crippen molar-refractivity contribution in [1.82, 2.24) is 10.3 Å². The molecule has 14 aromatic carbocycles. The summed E-state index contributed by atoms with van der Waals surface area (Å²) in [5, 5.41) is 19.8. The summed E-state index contributed by atoms with van der Waals surface area (Å²) < 4.78 is 80.1. The van der Waals surface area contributed by atoms with Gasteiger partial charge in [0.2, 0.25) is 5.91 Å². The van der Waals surface area contributed by atoms with Crippen LogP contribution in [0.5, 0.6) is 0 Å². The molecule has 1 aromatic heterocycles. The van der Waals surface area contributed by atoms with Gasteiger partial charge >= 0.3 is 12.4 Å². The Morgan fingerprint density at radius 2 is 0.553 bits per heavy atom. The summed E-state index contributed by atoms with van der Waals surface area (Å²) in [5.41, 5.74) is -1.23. The fourth-order valence-corrected chi connectivity index (χ4v) is 22.5. The Balaban J connectivity index is 0.000000145. The van der Waals surface area contributed by atoms with Gasteiger partial charge in [-0.05, 0) is 174 Å². The van der Waals surface area contributed by atoms with E-state index >= 15 is 0 Å². The number of pyridine rings is 1. The number of benzene rings is 14. The number of hydrogen-bond acceptors (Lipinski definition) is 2. The maximum Gasteiger partial charge on any atom is 0.416 e. The molecule has 1 heterocycles. The summed E-state index contributed by atoms with van der Waals surface area (Å²) in [6.45, 7) is 1.31. The normalized spacial score (nSPS) is 13.3. The molecule has 2 atom stereocenters. The number of alkyl halides is 6. The third-order valence-corrected chi connectivity index (χ3v) is 28.7. The molecule has 0 bridgehead atoms. The zero-order valence-electron chi connectivity index (χ0n) is 62.6. The summed E-state index contributed by atoms with van der Waals surface area (Å²) in [7, 11) is -1.78. The van der Waals surface area contributed by atoms with Crippen LogP contribution in [0.15, 0.2) is 443 Å². The van der Waals surface area contributed by atoms with Crippen molar-refractivity contribution < 1.29 is 51.6 Å². The molecule has 1 aliphatic carbocycles. The SMILES string of the molecule is CC(C(=O)NC1(c2ccccc2)CC=C(c2ccncc2)CC1)c1cc(C(F)(F)F)cc(C(F)(F)F)c1.[Pd].c1ccc(P(c2ccccc2)c2ccccc2)cc1.c1ccc(P(c2ccccc2)c2ccccc2)cc1.c1ccc(P(c2ccccc2)c2ccccc2)cc1.c1ccc(P(c2ccccc2)c2ccccc2)cc1. The second-order valence-electron chi connectivity index (χ2n) is 26.5. The van der Waals surface area contributed by atoms with Gasteiger partial charge in [-0.15, -0.1) is 0 Å². The monoisotopic (exact) mass is 1670 g/mol. The molecule has 1 amide bonds. The Bertz CT molecular complexity index is 4440. The van der Waals surface area contributed by atoms with Crippen molar-refractivity contribution in [2.45, 2.75) is 50.0 Å². The molecule has 572 valence electrons. The fourth-order valence-electron chi connectivity index (χ4n) is 13.3. The molecular formula is C100H84F6N2OP4Pd. The van der Waals surface area contributed by atoms with Crippen molar-refractivity contribution in [3.63, 3.8) is 0 Å². The maximum absolute atomic E-state index is 13.4. The molecule has 16 rings (SSSR count). The second-order valence-corrected chi connectivity index (χ2v) is 35.4. The van der Waals surface area contributed by atoms with Crippen LogP contribution >= 0.6 is 31.7 Å². The van der Waals surface area contributed by atoms with Crippen molar-refractivity contribution in [3.05, 3.63) is 471 Å². The third-order valence-electron chi connectivity index (χ3n) is 18.9. The first-order chi connectivity index (χ1) is 55.2. The first-order valence-electron chi connectivity index (χ1n) is 37.3. The number of carbonyl (C=O) groups is 1. The van der Waals surface area contributed by atoms with E-state index in [0.29, 0.717) is 31.4 Å². The largest absolute Gasteiger partial charge is 0.416 e. The van der Waals surface area contributed by atoms with Gasteiger partial charge in [0.15, 0.2) is 0 Å². The molecule has 0 spiro atoms. The number of carbonyl (C=O) groups excluding carboxylic acids is 1. The minimum atomic E-state index is -4.99. The van der Waals surface area contributed by atoms with Gasteiger partial charge in [-0.3, -0.25) is 9.78 Å². The summed E-state index contributed by atoms with van der Waals surface area (Å²) in [6, 6.07) is 144. The molecule has 114 heavy (non-hydrogen) atoms. The number of hydrogen-bond donors (Lipinski definition) is 1. The molecule has 0 saturated carbocycles. The standard InChI is InChI=1S/C28H24F6N2O.4C18H15P.Pd/c1-18(21-15-23(27(29,30)31)17-24(16-21)28(32,33)34)25(37)36-26(22-5-3-2-4-6-22)11-7-19(8-12-26)20-9-13-35-14-10-20;4*1-4-10-16(11-5-1)19(17-12-6-2-7-13-17)18-14-8-3-9-15-18;/h2-7,9-10,13-18H,8,11-12H2,1H3,(H,36,37);4*1-15H;. The smallest absolute Gasteiger partial charge is 0.346 e. The number of amides is 1. The number of nitrogens with one attached hydrogen (secondary N) is 1. The van der Waals surface area contributed by atoms with Crippen molar-refractivity contribution in [2.75, 3.05) is 0 Å². The van der Waals surface area contributed by atoms with Crippen LogP contribution in [0.1, 0.15) is 59.9 Å². The van der Waals surface area contributed by atoms with E-state index in [0.717, 1.165) is 16.7 Å². The van der Waals surface area contributed by atoms with Crippen molar-refractivity contribution >= 4 is 107 Å². The molecule has 0 fully saturated rings. The first kappa shape index (κ1) is 84.3. The number of allylic oxidation sites excluding steroid dienone is 1. The average molecular weight is 1670 g/mol. The van der Waals surface area contributed by atoms with E-state index in [2.05, 4.69) is 374 Å². The molecule has 0 aliphatic heterocycles. The number of rotatable bonds is 17. The minimum absolute atomic E-state index is 0. The van der Waals surface area contributed by atoms with Crippen LogP contribution < -0.4 is 69.0 Å². The third kappa shape index (κ3) is 23.5. The Hall–Kier alpha value is -10.6. The quantitative estimate of drug-likeness (QED) is 0.0561. The average Bonchev–Trinajstić information content (AvgIpc) is 0.776. The van der Waals surface area contributed by atoms with Gasteiger partial charge in [0.05, 0.1) is 22.6 Å². The Kier molecular flexibility index (Phi) is 31.4. The van der Waals surface area contributed by atoms with Crippen LogP contribution in [0, 0.1) is 0 Å². The molecule has 0 saturated heterocycles. The van der Waals surface area contributed by atoms with Gasteiger partial charge in [-0.25, -0.2) is 0 Å². The Morgan fingerprint density at radius 3 is 0.754 bits per heavy atom. The van der Waals surface area contributed by atoms with Crippen molar-refractivity contribution in [2.24, 2.45) is 0 Å². The van der Waals surface area contributed by atoms with Gasteiger partial charge in [0, 0.05) is 32.8 Å². The van der Waals surface area contributed by atoms with E-state index in [9.17, 15) is 31.1 Å². The first-order valence-corrected chi connectivity index (χ1v) is 42.6. The molecule has 0 radical (unpaired) electrons. The van der Waals surface area contributed by atoms with E-state index in [1.165, 1.54) is 70.6 Å². The van der Waals surface area contributed by atoms with Crippen LogP contribution in [0.4, 0.5) is 26.3 Å². The molecule has 14 heteroatoms. The zero-order chi connectivity index (χ0) is 78.5. The predicted octanol–water partition coefficient (Wildman–Crippen LogP) is 21.3. The van der Waals surface area contributed by atoms with Gasteiger partial charge in [0.1, 0.15) is 0 Å². The topological polar surface area (TPSA) is 42.0 Å². The van der Waals surface area contributed by atoms with E-state index in [1.807, 2.05) is 48.5 Å². The molecule has 2 unspecified atom stereocenters. The van der Waals surface area contributed by atoms with Crippen LogP contribution in [0.3, 0.4) is 0 Å². The van der Waals surface area contributed by atoms with Gasteiger partial charge in [-0.2, -0.15) is 26.3 Å². The van der Waals surface area contributed by atoms with Gasteiger partial charge in [-0.1, -0.05) is 400 Å². The number of halogens is 6. The van der Waals surface area contributed by atoms with Crippen LogP contribution in [0.25, 0.3) is 5.57 Å². The van der Waals surface area contributed by atoms with Gasteiger partial charge < -0.3 is 5.32 Å². The number of nitrogens with zero attached hydrogens (tertiary/aromatic N) is 1. The zero-order valence-corrected chi connectivity index (χ0v) is 67.7. The van der Waals surface area contributed by atoms with Crippen molar-refractivity contribution in [1.29, 1.82) is 0 Å². The van der Waals surface area contributed by atoms with Gasteiger partial charge in [0.25, 0.3) is 0 Å². The number of aromatic nitrogens is 1. The Labute approximate surface area is 684 Å². The van der Waals surface area contributed by atoms with E-state index in [-0.39, 0.29) is 32.1 Å².